The molecule has 0 radical (unpaired) electrons. The fourth-order valence-electron chi connectivity index (χ4n) is 1.37. The Balaban J connectivity index is 3.10. The Morgan fingerprint density at radius 1 is 1.29 bits per heavy atom. The first kappa shape index (κ1) is 10.9. The second kappa shape index (κ2) is 4.33. The smallest absolute Gasteiger partial charge is 0.123 e. The number of nitrogen functional groups attached to an aromatic ring is 1. The highest BCUT2D eigenvalue weighted by atomic mass is 16.5. The number of nitrogens with two attached hydrogens (primary N) is 2. The zero-order valence-electron chi connectivity index (χ0n) is 8.95. The van der Waals surface area contributed by atoms with Crippen molar-refractivity contribution in [3.63, 3.8) is 0 Å². The van der Waals surface area contributed by atoms with Crippen LogP contribution in [0, 0.1) is 5.92 Å². The van der Waals surface area contributed by atoms with Crippen molar-refractivity contribution >= 4 is 5.69 Å². The predicted octanol–water partition coefficient (Wildman–Crippen LogP) is 1.93. The minimum Gasteiger partial charge on any atom is -0.496 e. The third-order valence-corrected chi connectivity index (χ3v) is 2.33. The molecule has 1 atom stereocenters. The first-order valence-electron chi connectivity index (χ1n) is 4.75. The van der Waals surface area contributed by atoms with Gasteiger partial charge in [-0.05, 0) is 24.1 Å². The van der Waals surface area contributed by atoms with Crippen molar-refractivity contribution in [2.45, 2.75) is 19.9 Å². The zero-order chi connectivity index (χ0) is 10.7. The summed E-state index contributed by atoms with van der Waals surface area (Å²) >= 11 is 0. The standard InChI is InChI=1S/C11H18N2O/c1-7(2)11(13)9-6-8(12)4-5-10(9)14-3/h4-7,11H,12-13H2,1-3H3/t11-/m0/s1. The van der Waals surface area contributed by atoms with Crippen molar-refractivity contribution in [2.75, 3.05) is 12.8 Å². The summed E-state index contributed by atoms with van der Waals surface area (Å²) in [5.41, 5.74) is 13.5. The van der Waals surface area contributed by atoms with Gasteiger partial charge in [-0.3, -0.25) is 0 Å². The lowest BCUT2D eigenvalue weighted by molar-refractivity contribution is 0.396. The summed E-state index contributed by atoms with van der Waals surface area (Å²) in [6, 6.07) is 5.51. The molecule has 0 aliphatic carbocycles. The SMILES string of the molecule is COc1ccc(N)cc1[C@@H](N)C(C)C. The van der Waals surface area contributed by atoms with E-state index in [0.717, 1.165) is 17.0 Å². The van der Waals surface area contributed by atoms with Crippen LogP contribution in [0.1, 0.15) is 25.5 Å². The highest BCUT2D eigenvalue weighted by molar-refractivity contribution is 5.49. The number of hydrogen-bond donors (Lipinski definition) is 2. The molecule has 0 fully saturated rings. The van der Waals surface area contributed by atoms with Gasteiger partial charge in [-0.15, -0.1) is 0 Å². The van der Waals surface area contributed by atoms with Crippen molar-refractivity contribution in [3.05, 3.63) is 23.8 Å². The number of benzene rings is 1. The minimum absolute atomic E-state index is 0.0338. The molecule has 0 saturated carbocycles. The summed E-state index contributed by atoms with van der Waals surface area (Å²) < 4.78 is 5.24. The van der Waals surface area contributed by atoms with Crippen molar-refractivity contribution in [1.29, 1.82) is 0 Å². The Morgan fingerprint density at radius 2 is 1.93 bits per heavy atom. The lowest BCUT2D eigenvalue weighted by Gasteiger charge is -2.19. The molecule has 14 heavy (non-hydrogen) atoms. The fraction of sp³-hybridized carbons (Fsp3) is 0.455. The molecular weight excluding hydrogens is 176 g/mol. The molecule has 78 valence electrons. The van der Waals surface area contributed by atoms with E-state index >= 15 is 0 Å². The van der Waals surface area contributed by atoms with E-state index in [4.69, 9.17) is 16.2 Å². The van der Waals surface area contributed by atoms with Gasteiger partial charge in [0.25, 0.3) is 0 Å². The van der Waals surface area contributed by atoms with Gasteiger partial charge in [-0.25, -0.2) is 0 Å². The average molecular weight is 194 g/mol. The highest BCUT2D eigenvalue weighted by Gasteiger charge is 2.15. The molecular formula is C11H18N2O. The molecule has 0 spiro atoms. The Bertz CT molecular complexity index is 310. The van der Waals surface area contributed by atoms with E-state index in [1.165, 1.54) is 0 Å². The van der Waals surface area contributed by atoms with Crippen LogP contribution in [0.2, 0.25) is 0 Å². The number of ether oxygens (including phenoxy) is 1. The van der Waals surface area contributed by atoms with Crippen LogP contribution in [0.4, 0.5) is 5.69 Å². The summed E-state index contributed by atoms with van der Waals surface area (Å²) in [5, 5.41) is 0. The second-order valence-electron chi connectivity index (χ2n) is 3.77. The Morgan fingerprint density at radius 3 is 2.43 bits per heavy atom. The molecule has 0 aliphatic rings. The first-order chi connectivity index (χ1) is 6.56. The maximum absolute atomic E-state index is 6.05. The molecule has 0 aliphatic heterocycles. The molecule has 0 aromatic heterocycles. The normalized spacial score (nSPS) is 12.9. The largest absolute Gasteiger partial charge is 0.496 e. The second-order valence-corrected chi connectivity index (χ2v) is 3.77. The van der Waals surface area contributed by atoms with Crippen molar-refractivity contribution in [3.8, 4) is 5.75 Å². The van der Waals surface area contributed by atoms with Gasteiger partial charge in [-0.2, -0.15) is 0 Å². The quantitative estimate of drug-likeness (QED) is 0.723. The molecule has 0 unspecified atom stereocenters. The van der Waals surface area contributed by atoms with E-state index in [2.05, 4.69) is 13.8 Å². The number of hydrogen-bond acceptors (Lipinski definition) is 3. The molecule has 0 amide bonds. The van der Waals surface area contributed by atoms with Crippen LogP contribution in [-0.2, 0) is 0 Å². The maximum Gasteiger partial charge on any atom is 0.123 e. The van der Waals surface area contributed by atoms with E-state index in [1.807, 2.05) is 18.2 Å². The Labute approximate surface area is 85.0 Å². The van der Waals surface area contributed by atoms with E-state index in [9.17, 15) is 0 Å². The van der Waals surface area contributed by atoms with Crippen LogP contribution >= 0.6 is 0 Å². The summed E-state index contributed by atoms with van der Waals surface area (Å²) in [5.74, 6) is 1.17. The van der Waals surface area contributed by atoms with Crippen LogP contribution in [0.25, 0.3) is 0 Å². The van der Waals surface area contributed by atoms with E-state index in [1.54, 1.807) is 7.11 Å². The Kier molecular flexibility index (Phi) is 3.36. The highest BCUT2D eigenvalue weighted by Crippen LogP contribution is 2.29. The van der Waals surface area contributed by atoms with Gasteiger partial charge in [0, 0.05) is 17.3 Å². The predicted molar refractivity (Wildman–Crippen MR) is 59.2 cm³/mol. The molecule has 4 N–H and O–H groups in total. The molecule has 1 aromatic carbocycles. The topological polar surface area (TPSA) is 61.3 Å². The monoisotopic (exact) mass is 194 g/mol. The van der Waals surface area contributed by atoms with Crippen LogP contribution < -0.4 is 16.2 Å². The molecule has 0 bridgehead atoms. The van der Waals surface area contributed by atoms with Gasteiger partial charge in [-0.1, -0.05) is 13.8 Å². The average Bonchev–Trinajstić information content (AvgIpc) is 2.16. The summed E-state index contributed by atoms with van der Waals surface area (Å²) in [6.07, 6.45) is 0. The molecule has 0 heterocycles. The molecule has 3 nitrogen and oxygen atoms in total. The van der Waals surface area contributed by atoms with Crippen LogP contribution in [0.3, 0.4) is 0 Å². The van der Waals surface area contributed by atoms with E-state index in [0.29, 0.717) is 5.92 Å². The third-order valence-electron chi connectivity index (χ3n) is 2.33. The summed E-state index contributed by atoms with van der Waals surface area (Å²) in [4.78, 5) is 0. The van der Waals surface area contributed by atoms with Gasteiger partial charge in [0.1, 0.15) is 5.75 Å². The molecule has 3 heteroatoms. The van der Waals surface area contributed by atoms with Crippen LogP contribution in [0.15, 0.2) is 18.2 Å². The molecule has 1 rings (SSSR count). The number of rotatable bonds is 3. The van der Waals surface area contributed by atoms with E-state index in [-0.39, 0.29) is 6.04 Å². The van der Waals surface area contributed by atoms with Gasteiger partial charge in [0.05, 0.1) is 7.11 Å². The summed E-state index contributed by atoms with van der Waals surface area (Å²) in [6.45, 7) is 4.15. The van der Waals surface area contributed by atoms with E-state index < -0.39 is 0 Å². The number of anilines is 1. The van der Waals surface area contributed by atoms with Crippen molar-refractivity contribution in [1.82, 2.24) is 0 Å². The Hall–Kier alpha value is -1.22. The van der Waals surface area contributed by atoms with Crippen molar-refractivity contribution < 1.29 is 4.74 Å². The maximum atomic E-state index is 6.05. The van der Waals surface area contributed by atoms with Crippen LogP contribution in [0.5, 0.6) is 5.75 Å². The van der Waals surface area contributed by atoms with Gasteiger partial charge >= 0.3 is 0 Å². The molecule has 0 saturated heterocycles. The minimum atomic E-state index is -0.0338. The fourth-order valence-corrected chi connectivity index (χ4v) is 1.37. The van der Waals surface area contributed by atoms with Gasteiger partial charge < -0.3 is 16.2 Å². The third kappa shape index (κ3) is 2.17. The molecule has 1 aromatic rings. The van der Waals surface area contributed by atoms with Crippen LogP contribution in [-0.4, -0.2) is 7.11 Å². The zero-order valence-corrected chi connectivity index (χ0v) is 8.95. The first-order valence-corrected chi connectivity index (χ1v) is 4.75. The van der Waals surface area contributed by atoms with Gasteiger partial charge in [0.15, 0.2) is 0 Å². The number of methoxy groups -OCH3 is 1. The van der Waals surface area contributed by atoms with Crippen molar-refractivity contribution in [2.24, 2.45) is 11.7 Å². The lowest BCUT2D eigenvalue weighted by Crippen LogP contribution is -2.17. The van der Waals surface area contributed by atoms with Gasteiger partial charge in [0.2, 0.25) is 0 Å². The summed E-state index contributed by atoms with van der Waals surface area (Å²) in [7, 11) is 1.64. The lowest BCUT2D eigenvalue weighted by atomic mass is 9.96.